The Morgan fingerprint density at radius 2 is 1.60 bits per heavy atom. The Hall–Kier alpha value is -2.66. The second-order valence-electron chi connectivity index (χ2n) is 4.11. The van der Waals surface area contributed by atoms with E-state index in [4.69, 9.17) is 9.47 Å². The molecule has 2 nitrogen and oxygen atoms in total. The molecule has 0 aliphatic heterocycles. The van der Waals surface area contributed by atoms with Gasteiger partial charge >= 0.3 is 0 Å². The quantitative estimate of drug-likeness (QED) is 0.786. The normalized spacial score (nSPS) is 9.90. The standard InChI is InChI=1S/C18H16O2/c1-19-17-11-5-9-15(13-17)7-3-4-8-16-10-6-12-18(14-16)20-2/h3,5-7,9-14H,1-2H3/b7-3-. The van der Waals surface area contributed by atoms with E-state index in [1.165, 1.54) is 0 Å². The fraction of sp³-hybridized carbons (Fsp3) is 0.111. The fourth-order valence-corrected chi connectivity index (χ4v) is 1.71. The van der Waals surface area contributed by atoms with Crippen molar-refractivity contribution in [3.63, 3.8) is 0 Å². The van der Waals surface area contributed by atoms with Crippen molar-refractivity contribution >= 4 is 6.08 Å². The minimum Gasteiger partial charge on any atom is -0.497 e. The zero-order valence-corrected chi connectivity index (χ0v) is 11.6. The summed E-state index contributed by atoms with van der Waals surface area (Å²) in [5.41, 5.74) is 1.99. The zero-order valence-electron chi connectivity index (χ0n) is 11.6. The molecule has 0 fully saturated rings. The van der Waals surface area contributed by atoms with Crippen molar-refractivity contribution in [2.45, 2.75) is 0 Å². The summed E-state index contributed by atoms with van der Waals surface area (Å²) in [5.74, 6) is 7.74. The zero-order chi connectivity index (χ0) is 14.2. The molecule has 20 heavy (non-hydrogen) atoms. The fourth-order valence-electron chi connectivity index (χ4n) is 1.71. The molecular weight excluding hydrogens is 248 g/mol. The van der Waals surface area contributed by atoms with E-state index in [0.717, 1.165) is 22.6 Å². The van der Waals surface area contributed by atoms with Gasteiger partial charge in [-0.2, -0.15) is 0 Å². The molecule has 2 aromatic carbocycles. The summed E-state index contributed by atoms with van der Waals surface area (Å²) < 4.78 is 10.3. The van der Waals surface area contributed by atoms with E-state index in [1.807, 2.05) is 60.7 Å². The molecule has 100 valence electrons. The topological polar surface area (TPSA) is 18.5 Å². The van der Waals surface area contributed by atoms with E-state index >= 15 is 0 Å². The SMILES string of the molecule is COc1cccc(C#C/C=C\c2cccc(OC)c2)c1. The summed E-state index contributed by atoms with van der Waals surface area (Å²) in [6, 6.07) is 15.5. The summed E-state index contributed by atoms with van der Waals surface area (Å²) >= 11 is 0. The number of hydrogen-bond donors (Lipinski definition) is 0. The first-order valence-corrected chi connectivity index (χ1v) is 6.28. The van der Waals surface area contributed by atoms with Gasteiger partial charge in [0.25, 0.3) is 0 Å². The number of benzene rings is 2. The van der Waals surface area contributed by atoms with Gasteiger partial charge in [-0.1, -0.05) is 30.0 Å². The Morgan fingerprint density at radius 1 is 0.900 bits per heavy atom. The van der Waals surface area contributed by atoms with E-state index in [-0.39, 0.29) is 0 Å². The first-order valence-electron chi connectivity index (χ1n) is 6.28. The Labute approximate surface area is 119 Å². The van der Waals surface area contributed by atoms with Crippen LogP contribution in [-0.4, -0.2) is 14.2 Å². The maximum Gasteiger partial charge on any atom is 0.120 e. The van der Waals surface area contributed by atoms with Gasteiger partial charge in [0.1, 0.15) is 11.5 Å². The minimum absolute atomic E-state index is 0.813. The lowest BCUT2D eigenvalue weighted by molar-refractivity contribution is 0.414. The van der Waals surface area contributed by atoms with Gasteiger partial charge in [0.05, 0.1) is 14.2 Å². The predicted molar refractivity (Wildman–Crippen MR) is 81.9 cm³/mol. The Morgan fingerprint density at radius 3 is 2.35 bits per heavy atom. The monoisotopic (exact) mass is 264 g/mol. The van der Waals surface area contributed by atoms with E-state index in [1.54, 1.807) is 14.2 Å². The van der Waals surface area contributed by atoms with Gasteiger partial charge in [0.2, 0.25) is 0 Å². The Balaban J connectivity index is 2.07. The molecule has 0 N–H and O–H groups in total. The van der Waals surface area contributed by atoms with Crippen LogP contribution >= 0.6 is 0 Å². The summed E-state index contributed by atoms with van der Waals surface area (Å²) in [5, 5.41) is 0. The van der Waals surface area contributed by atoms with Crippen LogP contribution in [0.5, 0.6) is 11.5 Å². The van der Waals surface area contributed by atoms with Crippen molar-refractivity contribution in [3.8, 4) is 23.3 Å². The van der Waals surface area contributed by atoms with Crippen LogP contribution in [0.2, 0.25) is 0 Å². The smallest absolute Gasteiger partial charge is 0.120 e. The molecule has 0 saturated carbocycles. The summed E-state index contributed by atoms with van der Waals surface area (Å²) in [6.07, 6.45) is 3.78. The van der Waals surface area contributed by atoms with E-state index in [2.05, 4.69) is 11.8 Å². The molecule has 0 saturated heterocycles. The Kier molecular flexibility index (Phi) is 4.86. The van der Waals surface area contributed by atoms with Crippen molar-refractivity contribution in [1.82, 2.24) is 0 Å². The van der Waals surface area contributed by atoms with Crippen LogP contribution in [0, 0.1) is 11.8 Å². The molecule has 0 aliphatic rings. The third-order valence-electron chi connectivity index (χ3n) is 2.74. The molecule has 0 amide bonds. The van der Waals surface area contributed by atoms with Gasteiger partial charge in [-0.3, -0.25) is 0 Å². The summed E-state index contributed by atoms with van der Waals surface area (Å²) in [6.45, 7) is 0. The molecule has 0 spiro atoms. The van der Waals surface area contributed by atoms with Gasteiger partial charge in [0, 0.05) is 5.56 Å². The number of rotatable bonds is 3. The lowest BCUT2D eigenvalue weighted by atomic mass is 10.2. The Bertz CT molecular complexity index is 660. The van der Waals surface area contributed by atoms with Gasteiger partial charge < -0.3 is 9.47 Å². The van der Waals surface area contributed by atoms with Crippen molar-refractivity contribution in [1.29, 1.82) is 0 Å². The number of ether oxygens (including phenoxy) is 2. The molecule has 0 unspecified atom stereocenters. The molecule has 0 heterocycles. The van der Waals surface area contributed by atoms with Crippen molar-refractivity contribution < 1.29 is 9.47 Å². The van der Waals surface area contributed by atoms with Gasteiger partial charge in [-0.05, 0) is 48.0 Å². The van der Waals surface area contributed by atoms with E-state index in [9.17, 15) is 0 Å². The van der Waals surface area contributed by atoms with Crippen molar-refractivity contribution in [2.24, 2.45) is 0 Å². The van der Waals surface area contributed by atoms with Crippen LogP contribution in [-0.2, 0) is 0 Å². The van der Waals surface area contributed by atoms with E-state index < -0.39 is 0 Å². The predicted octanol–water partition coefficient (Wildman–Crippen LogP) is 3.77. The van der Waals surface area contributed by atoms with Crippen molar-refractivity contribution in [3.05, 3.63) is 65.7 Å². The van der Waals surface area contributed by atoms with Crippen LogP contribution in [0.3, 0.4) is 0 Å². The molecule has 2 aromatic rings. The lowest BCUT2D eigenvalue weighted by Gasteiger charge is -1.99. The molecule has 2 heteroatoms. The van der Waals surface area contributed by atoms with Gasteiger partial charge in [-0.25, -0.2) is 0 Å². The summed E-state index contributed by atoms with van der Waals surface area (Å²) in [4.78, 5) is 0. The van der Waals surface area contributed by atoms with Crippen LogP contribution in [0.1, 0.15) is 11.1 Å². The van der Waals surface area contributed by atoms with E-state index in [0.29, 0.717) is 0 Å². The third kappa shape index (κ3) is 3.93. The lowest BCUT2D eigenvalue weighted by Crippen LogP contribution is -1.82. The highest BCUT2D eigenvalue weighted by Crippen LogP contribution is 2.13. The highest BCUT2D eigenvalue weighted by Gasteiger charge is 1.91. The van der Waals surface area contributed by atoms with Crippen LogP contribution in [0.4, 0.5) is 0 Å². The molecule has 0 aromatic heterocycles. The first kappa shape index (κ1) is 13.8. The number of allylic oxidation sites excluding steroid dienone is 1. The average molecular weight is 264 g/mol. The molecular formula is C18H16O2. The first-order chi connectivity index (χ1) is 9.81. The highest BCUT2D eigenvalue weighted by atomic mass is 16.5. The maximum atomic E-state index is 5.17. The minimum atomic E-state index is 0.813. The highest BCUT2D eigenvalue weighted by molar-refractivity contribution is 5.55. The molecule has 0 aliphatic carbocycles. The average Bonchev–Trinajstić information content (AvgIpc) is 2.52. The third-order valence-corrected chi connectivity index (χ3v) is 2.74. The molecule has 0 atom stereocenters. The molecule has 2 rings (SSSR count). The molecule has 0 radical (unpaired) electrons. The second-order valence-corrected chi connectivity index (χ2v) is 4.11. The number of hydrogen-bond acceptors (Lipinski definition) is 2. The molecule has 0 bridgehead atoms. The van der Waals surface area contributed by atoms with Gasteiger partial charge in [-0.15, -0.1) is 0 Å². The summed E-state index contributed by atoms with van der Waals surface area (Å²) in [7, 11) is 3.31. The maximum absolute atomic E-state index is 5.17. The van der Waals surface area contributed by atoms with Gasteiger partial charge in [0.15, 0.2) is 0 Å². The second kappa shape index (κ2) is 7.06. The largest absolute Gasteiger partial charge is 0.497 e. The van der Waals surface area contributed by atoms with Crippen LogP contribution in [0.15, 0.2) is 54.6 Å². The van der Waals surface area contributed by atoms with Crippen LogP contribution in [0.25, 0.3) is 6.08 Å². The number of methoxy groups -OCH3 is 2. The van der Waals surface area contributed by atoms with Crippen LogP contribution < -0.4 is 9.47 Å². The van der Waals surface area contributed by atoms with Crippen molar-refractivity contribution in [2.75, 3.05) is 14.2 Å².